The molecule has 3 aromatic rings. The van der Waals surface area contributed by atoms with Gasteiger partial charge in [-0.2, -0.15) is 5.10 Å². The molecular weight excluding hydrogens is 360 g/mol. The van der Waals surface area contributed by atoms with E-state index in [2.05, 4.69) is 26.0 Å². The number of ether oxygens (including phenoxy) is 1. The van der Waals surface area contributed by atoms with Gasteiger partial charge in [0.25, 0.3) is 0 Å². The molecule has 0 aliphatic carbocycles. The predicted octanol–water partition coefficient (Wildman–Crippen LogP) is 3.09. The molecule has 0 fully saturated rings. The topological polar surface area (TPSA) is 61.4 Å². The third-order valence-corrected chi connectivity index (χ3v) is 4.25. The Morgan fingerprint density at radius 2 is 2.26 bits per heavy atom. The van der Waals surface area contributed by atoms with E-state index in [9.17, 15) is 4.79 Å². The Hall–Kier alpha value is -2.15. The first-order valence-electron chi connectivity index (χ1n) is 7.32. The fraction of sp³-hybridized carbons (Fsp3) is 0.312. The lowest BCUT2D eigenvalue weighted by Crippen LogP contribution is -2.17. The lowest BCUT2D eigenvalue weighted by atomic mass is 10.2. The average Bonchev–Trinajstić information content (AvgIpc) is 3.11. The van der Waals surface area contributed by atoms with Crippen LogP contribution < -0.4 is 0 Å². The third kappa shape index (κ3) is 3.44. The zero-order valence-electron chi connectivity index (χ0n) is 12.9. The summed E-state index contributed by atoms with van der Waals surface area (Å²) < 4.78 is 10.0. The SMILES string of the molecule is Cc1nccn1CC(C)COC(=O)c1ccn2ncc(Br)c2c1. The minimum absolute atomic E-state index is 0.206. The van der Waals surface area contributed by atoms with Crippen LogP contribution in [-0.2, 0) is 11.3 Å². The van der Waals surface area contributed by atoms with Crippen LogP contribution in [0.2, 0.25) is 0 Å². The number of aromatic nitrogens is 4. The van der Waals surface area contributed by atoms with Crippen molar-refractivity contribution in [2.75, 3.05) is 6.61 Å². The summed E-state index contributed by atoms with van der Waals surface area (Å²) in [7, 11) is 0. The number of imidazole rings is 1. The second kappa shape index (κ2) is 6.54. The number of hydrogen-bond donors (Lipinski definition) is 0. The van der Waals surface area contributed by atoms with Crippen LogP contribution in [0.5, 0.6) is 0 Å². The van der Waals surface area contributed by atoms with Gasteiger partial charge in [-0.05, 0) is 35.0 Å². The van der Waals surface area contributed by atoms with Crippen LogP contribution in [0.3, 0.4) is 0 Å². The van der Waals surface area contributed by atoms with Crippen molar-refractivity contribution >= 4 is 27.4 Å². The second-order valence-corrected chi connectivity index (χ2v) is 6.42. The Morgan fingerprint density at radius 1 is 1.43 bits per heavy atom. The highest BCUT2D eigenvalue weighted by Crippen LogP contribution is 2.18. The van der Waals surface area contributed by atoms with Gasteiger partial charge in [-0.25, -0.2) is 14.3 Å². The Bertz CT molecular complexity index is 840. The number of fused-ring (bicyclic) bond motifs is 1. The fourth-order valence-electron chi connectivity index (χ4n) is 2.36. The largest absolute Gasteiger partial charge is 0.462 e. The second-order valence-electron chi connectivity index (χ2n) is 5.57. The maximum absolute atomic E-state index is 12.2. The van der Waals surface area contributed by atoms with Gasteiger partial charge >= 0.3 is 5.97 Å². The highest BCUT2D eigenvalue weighted by Gasteiger charge is 2.13. The predicted molar refractivity (Wildman–Crippen MR) is 89.3 cm³/mol. The van der Waals surface area contributed by atoms with Crippen molar-refractivity contribution in [2.45, 2.75) is 20.4 Å². The summed E-state index contributed by atoms with van der Waals surface area (Å²) in [6.07, 6.45) is 7.14. The fourth-order valence-corrected chi connectivity index (χ4v) is 2.75. The summed E-state index contributed by atoms with van der Waals surface area (Å²) in [5, 5.41) is 4.15. The Kier molecular flexibility index (Phi) is 4.47. The first-order chi connectivity index (χ1) is 11.0. The van der Waals surface area contributed by atoms with Crippen LogP contribution in [0.1, 0.15) is 23.1 Å². The summed E-state index contributed by atoms with van der Waals surface area (Å²) >= 11 is 3.41. The van der Waals surface area contributed by atoms with E-state index >= 15 is 0 Å². The maximum Gasteiger partial charge on any atom is 0.338 e. The first-order valence-corrected chi connectivity index (χ1v) is 8.11. The van der Waals surface area contributed by atoms with Crippen LogP contribution in [-0.4, -0.2) is 31.7 Å². The van der Waals surface area contributed by atoms with Crippen molar-refractivity contribution in [3.05, 3.63) is 52.8 Å². The number of pyridine rings is 1. The lowest BCUT2D eigenvalue weighted by Gasteiger charge is -2.14. The number of hydrogen-bond acceptors (Lipinski definition) is 4. The zero-order valence-corrected chi connectivity index (χ0v) is 14.5. The quantitative estimate of drug-likeness (QED) is 0.641. The molecular formula is C16H17BrN4O2. The minimum atomic E-state index is -0.324. The van der Waals surface area contributed by atoms with E-state index in [0.717, 1.165) is 22.4 Å². The first kappa shape index (κ1) is 15.7. The molecule has 1 atom stereocenters. The van der Waals surface area contributed by atoms with E-state index in [4.69, 9.17) is 4.74 Å². The van der Waals surface area contributed by atoms with E-state index in [1.165, 1.54) is 0 Å². The summed E-state index contributed by atoms with van der Waals surface area (Å²) in [6.45, 7) is 5.13. The van der Waals surface area contributed by atoms with Crippen molar-refractivity contribution in [3.8, 4) is 0 Å². The molecule has 7 heteroatoms. The van der Waals surface area contributed by atoms with Crippen molar-refractivity contribution in [2.24, 2.45) is 5.92 Å². The molecule has 0 spiro atoms. The molecule has 0 N–H and O–H groups in total. The van der Waals surface area contributed by atoms with Crippen LogP contribution in [0.25, 0.3) is 5.52 Å². The normalized spacial score (nSPS) is 12.5. The van der Waals surface area contributed by atoms with Gasteiger partial charge in [-0.15, -0.1) is 0 Å². The molecule has 0 radical (unpaired) electrons. The standard InChI is InChI=1S/C16H17BrN4O2/c1-11(9-20-6-4-18-12(20)2)10-23-16(22)13-3-5-21-15(7-13)14(17)8-19-21/h3-8,11H,9-10H2,1-2H3. The van der Waals surface area contributed by atoms with Crippen molar-refractivity contribution < 1.29 is 9.53 Å². The summed E-state index contributed by atoms with van der Waals surface area (Å²) in [5.41, 5.74) is 1.35. The van der Waals surface area contributed by atoms with Gasteiger partial charge in [-0.3, -0.25) is 0 Å². The number of nitrogens with zero attached hydrogens (tertiary/aromatic N) is 4. The smallest absolute Gasteiger partial charge is 0.338 e. The number of halogens is 1. The monoisotopic (exact) mass is 376 g/mol. The van der Waals surface area contributed by atoms with Crippen molar-refractivity contribution in [1.29, 1.82) is 0 Å². The lowest BCUT2D eigenvalue weighted by molar-refractivity contribution is 0.0438. The molecule has 120 valence electrons. The molecule has 1 unspecified atom stereocenters. The molecule has 0 saturated carbocycles. The van der Waals surface area contributed by atoms with E-state index in [1.807, 2.05) is 24.6 Å². The van der Waals surface area contributed by atoms with Crippen LogP contribution in [0.4, 0.5) is 0 Å². The van der Waals surface area contributed by atoms with E-state index in [-0.39, 0.29) is 11.9 Å². The van der Waals surface area contributed by atoms with Crippen molar-refractivity contribution in [3.63, 3.8) is 0 Å². The number of carbonyl (C=O) groups excluding carboxylic acids is 1. The van der Waals surface area contributed by atoms with Gasteiger partial charge < -0.3 is 9.30 Å². The Morgan fingerprint density at radius 3 is 3.00 bits per heavy atom. The molecule has 6 nitrogen and oxygen atoms in total. The molecule has 0 aliphatic rings. The van der Waals surface area contributed by atoms with Crippen molar-refractivity contribution in [1.82, 2.24) is 19.2 Å². The molecule has 0 amide bonds. The molecule has 0 aromatic carbocycles. The van der Waals surface area contributed by atoms with Gasteiger partial charge in [0.05, 0.1) is 28.4 Å². The minimum Gasteiger partial charge on any atom is -0.462 e. The third-order valence-electron chi connectivity index (χ3n) is 3.64. The number of esters is 1. The molecule has 0 bridgehead atoms. The highest BCUT2D eigenvalue weighted by atomic mass is 79.9. The molecule has 23 heavy (non-hydrogen) atoms. The molecule has 0 saturated heterocycles. The Balaban J connectivity index is 1.61. The molecule has 3 aromatic heterocycles. The number of rotatable bonds is 5. The molecule has 0 aliphatic heterocycles. The average molecular weight is 377 g/mol. The van der Waals surface area contributed by atoms with Crippen LogP contribution in [0.15, 0.2) is 41.4 Å². The molecule has 3 rings (SSSR count). The number of carbonyl (C=O) groups is 1. The van der Waals surface area contributed by atoms with Gasteiger partial charge in [0, 0.05) is 31.1 Å². The zero-order chi connectivity index (χ0) is 16.4. The van der Waals surface area contributed by atoms with Gasteiger partial charge in [0.1, 0.15) is 5.82 Å². The summed E-state index contributed by atoms with van der Waals surface area (Å²) in [6, 6.07) is 3.48. The van der Waals surface area contributed by atoms with Crippen LogP contribution >= 0.6 is 15.9 Å². The Labute approximate surface area is 142 Å². The summed E-state index contributed by atoms with van der Waals surface area (Å²) in [4.78, 5) is 16.4. The van der Waals surface area contributed by atoms with Gasteiger partial charge in [-0.1, -0.05) is 6.92 Å². The van der Waals surface area contributed by atoms with E-state index in [0.29, 0.717) is 12.2 Å². The van der Waals surface area contributed by atoms with Crippen LogP contribution in [0, 0.1) is 12.8 Å². The van der Waals surface area contributed by atoms with Gasteiger partial charge in [0.15, 0.2) is 0 Å². The number of aryl methyl sites for hydroxylation is 1. The van der Waals surface area contributed by atoms with Gasteiger partial charge in [0.2, 0.25) is 0 Å². The van der Waals surface area contributed by atoms with E-state index < -0.39 is 0 Å². The maximum atomic E-state index is 12.2. The highest BCUT2D eigenvalue weighted by molar-refractivity contribution is 9.10. The van der Waals surface area contributed by atoms with E-state index in [1.54, 1.807) is 35.2 Å². The molecule has 3 heterocycles. The summed E-state index contributed by atoms with van der Waals surface area (Å²) in [5.74, 6) is 0.839.